The lowest BCUT2D eigenvalue weighted by molar-refractivity contribution is 1.27. The van der Waals surface area contributed by atoms with Gasteiger partial charge in [-0.3, -0.25) is 0 Å². The van der Waals surface area contributed by atoms with Gasteiger partial charge in [0.15, 0.2) is 0 Å². The van der Waals surface area contributed by atoms with Crippen molar-refractivity contribution in [2.24, 2.45) is 0 Å². The van der Waals surface area contributed by atoms with Crippen molar-refractivity contribution in [1.29, 1.82) is 5.41 Å². The Hall–Kier alpha value is -2.15. The van der Waals surface area contributed by atoms with Crippen molar-refractivity contribution in [2.75, 3.05) is 0 Å². The molecule has 0 aliphatic heterocycles. The molecule has 0 amide bonds. The van der Waals surface area contributed by atoms with E-state index in [0.717, 1.165) is 17.6 Å². The zero-order valence-corrected chi connectivity index (χ0v) is 11.6. The van der Waals surface area contributed by atoms with Gasteiger partial charge in [0.1, 0.15) is 0 Å². The normalized spacial score (nSPS) is 10.3. The van der Waals surface area contributed by atoms with Crippen LogP contribution in [0, 0.1) is 5.41 Å². The number of allylic oxidation sites excluding steroid dienone is 2. The molecule has 0 bridgehead atoms. The van der Waals surface area contributed by atoms with Gasteiger partial charge in [-0.25, -0.2) is 0 Å². The molecule has 0 unspecified atom stereocenters. The smallest absolute Gasteiger partial charge is 0.0253 e. The highest BCUT2D eigenvalue weighted by Gasteiger charge is 1.96. The van der Waals surface area contributed by atoms with E-state index in [1.165, 1.54) is 11.8 Å². The van der Waals surface area contributed by atoms with Crippen LogP contribution in [-0.4, -0.2) is 6.21 Å². The summed E-state index contributed by atoms with van der Waals surface area (Å²) in [5.74, 6) is 0. The molecule has 0 aliphatic rings. The highest BCUT2D eigenvalue weighted by Crippen LogP contribution is 2.13. The number of nitrogens with one attached hydrogen (secondary N) is 1. The van der Waals surface area contributed by atoms with Crippen LogP contribution in [0.25, 0.3) is 5.57 Å². The first-order valence-corrected chi connectivity index (χ1v) is 6.70. The van der Waals surface area contributed by atoms with Crippen molar-refractivity contribution >= 4 is 11.8 Å². The molecule has 2 rings (SSSR count). The first-order valence-electron chi connectivity index (χ1n) is 6.70. The second-order valence-corrected chi connectivity index (χ2v) is 3.86. The minimum Gasteiger partial charge on any atom is -0.308 e. The van der Waals surface area contributed by atoms with Crippen molar-refractivity contribution in [2.45, 2.75) is 20.3 Å². The lowest BCUT2D eigenvalue weighted by Crippen LogP contribution is -1.87. The molecule has 1 nitrogen and oxygen atoms in total. The first-order chi connectivity index (χ1) is 9.40. The van der Waals surface area contributed by atoms with Crippen LogP contribution in [0.3, 0.4) is 0 Å². The summed E-state index contributed by atoms with van der Waals surface area (Å²) in [7, 11) is 0. The molecule has 0 fully saturated rings. The number of benzene rings is 2. The monoisotopic (exact) mass is 251 g/mol. The SMILES string of the molecule is CC.N=C/C(=C\Cc1ccccc1)c1ccccc1. The second-order valence-electron chi connectivity index (χ2n) is 3.86. The third-order valence-electron chi connectivity index (χ3n) is 2.66. The molecule has 0 radical (unpaired) electrons. The van der Waals surface area contributed by atoms with E-state index in [-0.39, 0.29) is 0 Å². The van der Waals surface area contributed by atoms with Crippen molar-refractivity contribution < 1.29 is 0 Å². The molecule has 0 atom stereocenters. The van der Waals surface area contributed by atoms with Gasteiger partial charge in [-0.05, 0) is 23.1 Å². The summed E-state index contributed by atoms with van der Waals surface area (Å²) >= 11 is 0. The van der Waals surface area contributed by atoms with Gasteiger partial charge in [-0.2, -0.15) is 0 Å². The molecule has 98 valence electrons. The molecule has 0 saturated carbocycles. The predicted octanol–water partition coefficient (Wildman–Crippen LogP) is 4.99. The third-order valence-corrected chi connectivity index (χ3v) is 2.66. The van der Waals surface area contributed by atoms with Crippen LogP contribution >= 0.6 is 0 Å². The molecular weight excluding hydrogens is 230 g/mol. The van der Waals surface area contributed by atoms with Crippen molar-refractivity contribution in [3.8, 4) is 0 Å². The third kappa shape index (κ3) is 4.92. The van der Waals surface area contributed by atoms with Gasteiger partial charge in [0.05, 0.1) is 0 Å². The Kier molecular flexibility index (Phi) is 6.96. The van der Waals surface area contributed by atoms with E-state index >= 15 is 0 Å². The highest BCUT2D eigenvalue weighted by atomic mass is 14.3. The Labute approximate surface area is 116 Å². The van der Waals surface area contributed by atoms with Crippen molar-refractivity contribution in [3.05, 3.63) is 77.9 Å². The molecule has 19 heavy (non-hydrogen) atoms. The van der Waals surface area contributed by atoms with Gasteiger partial charge in [-0.15, -0.1) is 0 Å². The van der Waals surface area contributed by atoms with E-state index in [1.807, 2.05) is 62.4 Å². The molecule has 2 aromatic carbocycles. The lowest BCUT2D eigenvalue weighted by Gasteiger charge is -2.01. The Morgan fingerprint density at radius 1 is 0.895 bits per heavy atom. The summed E-state index contributed by atoms with van der Waals surface area (Å²) < 4.78 is 0. The van der Waals surface area contributed by atoms with E-state index in [0.29, 0.717) is 0 Å². The van der Waals surface area contributed by atoms with Crippen LogP contribution in [0.2, 0.25) is 0 Å². The molecule has 1 heteroatoms. The largest absolute Gasteiger partial charge is 0.308 e. The average molecular weight is 251 g/mol. The van der Waals surface area contributed by atoms with Crippen LogP contribution < -0.4 is 0 Å². The van der Waals surface area contributed by atoms with Gasteiger partial charge < -0.3 is 5.41 Å². The summed E-state index contributed by atoms with van der Waals surface area (Å²) in [6.45, 7) is 4.00. The average Bonchev–Trinajstić information content (AvgIpc) is 2.52. The van der Waals surface area contributed by atoms with Crippen LogP contribution in [-0.2, 0) is 6.42 Å². The molecule has 0 heterocycles. The lowest BCUT2D eigenvalue weighted by atomic mass is 10.0. The van der Waals surface area contributed by atoms with Crippen molar-refractivity contribution in [1.82, 2.24) is 0 Å². The van der Waals surface area contributed by atoms with Gasteiger partial charge in [0.2, 0.25) is 0 Å². The fraction of sp³-hybridized carbons (Fsp3) is 0.167. The maximum absolute atomic E-state index is 7.47. The van der Waals surface area contributed by atoms with Crippen LogP contribution in [0.4, 0.5) is 0 Å². The Morgan fingerprint density at radius 3 is 1.95 bits per heavy atom. The summed E-state index contributed by atoms with van der Waals surface area (Å²) in [6.07, 6.45) is 4.37. The van der Waals surface area contributed by atoms with E-state index in [9.17, 15) is 0 Å². The summed E-state index contributed by atoms with van der Waals surface area (Å²) in [5.41, 5.74) is 3.33. The van der Waals surface area contributed by atoms with Crippen LogP contribution in [0.1, 0.15) is 25.0 Å². The van der Waals surface area contributed by atoms with Gasteiger partial charge >= 0.3 is 0 Å². The van der Waals surface area contributed by atoms with E-state index in [2.05, 4.69) is 18.2 Å². The van der Waals surface area contributed by atoms with Gasteiger partial charge in [-0.1, -0.05) is 80.6 Å². The maximum Gasteiger partial charge on any atom is 0.0253 e. The molecule has 0 aliphatic carbocycles. The van der Waals surface area contributed by atoms with Crippen LogP contribution in [0.5, 0.6) is 0 Å². The summed E-state index contributed by atoms with van der Waals surface area (Å²) in [4.78, 5) is 0. The fourth-order valence-corrected chi connectivity index (χ4v) is 1.73. The first kappa shape index (κ1) is 14.9. The molecule has 0 aromatic heterocycles. The molecular formula is C18H21N. The van der Waals surface area contributed by atoms with E-state index < -0.39 is 0 Å². The standard InChI is InChI=1S/C16H15N.C2H6/c17-13-16(15-9-5-2-6-10-15)12-11-14-7-3-1-4-8-14;1-2/h1-10,12-13,17H,11H2;1-2H3/b16-12+,17-13?;. The minimum absolute atomic E-state index is 0.862. The number of hydrogen-bond acceptors (Lipinski definition) is 1. The highest BCUT2D eigenvalue weighted by molar-refractivity contribution is 6.08. The maximum atomic E-state index is 7.47. The molecule has 1 N–H and O–H groups in total. The fourth-order valence-electron chi connectivity index (χ4n) is 1.73. The second kappa shape index (κ2) is 8.87. The predicted molar refractivity (Wildman–Crippen MR) is 84.7 cm³/mol. The topological polar surface area (TPSA) is 23.9 Å². The zero-order chi connectivity index (χ0) is 13.9. The minimum atomic E-state index is 0.862. The summed E-state index contributed by atoms with van der Waals surface area (Å²) in [5, 5.41) is 7.47. The molecule has 0 saturated heterocycles. The zero-order valence-electron chi connectivity index (χ0n) is 11.6. The number of hydrogen-bond donors (Lipinski definition) is 1. The molecule has 2 aromatic rings. The quantitative estimate of drug-likeness (QED) is 0.740. The number of rotatable bonds is 4. The van der Waals surface area contributed by atoms with Crippen LogP contribution in [0.15, 0.2) is 66.7 Å². The van der Waals surface area contributed by atoms with Gasteiger partial charge in [0.25, 0.3) is 0 Å². The Bertz CT molecular complexity index is 498. The van der Waals surface area contributed by atoms with E-state index in [1.54, 1.807) is 0 Å². The Balaban J connectivity index is 0.000000861. The molecule has 0 spiro atoms. The Morgan fingerprint density at radius 2 is 1.42 bits per heavy atom. The van der Waals surface area contributed by atoms with Gasteiger partial charge in [0, 0.05) is 6.21 Å². The van der Waals surface area contributed by atoms with Crippen molar-refractivity contribution in [3.63, 3.8) is 0 Å². The van der Waals surface area contributed by atoms with E-state index in [4.69, 9.17) is 5.41 Å². The summed E-state index contributed by atoms with van der Waals surface area (Å²) in [6, 6.07) is 20.3.